The summed E-state index contributed by atoms with van der Waals surface area (Å²) in [4.78, 5) is 2.38. The number of methoxy groups -OCH3 is 1. The van der Waals surface area contributed by atoms with Gasteiger partial charge < -0.3 is 9.64 Å². The Hall–Kier alpha value is -1.69. The van der Waals surface area contributed by atoms with Crippen LogP contribution >= 0.6 is 0 Å². The van der Waals surface area contributed by atoms with Crippen molar-refractivity contribution in [1.82, 2.24) is 0 Å². The van der Waals surface area contributed by atoms with Gasteiger partial charge in [0, 0.05) is 19.5 Å². The first-order chi connectivity index (χ1) is 9.08. The number of benzene rings is 1. The molecule has 1 heterocycles. The third-order valence-electron chi connectivity index (χ3n) is 4.21. The van der Waals surface area contributed by atoms with E-state index in [1.165, 1.54) is 0 Å². The first-order valence-electron chi connectivity index (χ1n) is 6.83. The molecule has 19 heavy (non-hydrogen) atoms. The van der Waals surface area contributed by atoms with Crippen LogP contribution in [0.2, 0.25) is 0 Å². The summed E-state index contributed by atoms with van der Waals surface area (Å²) >= 11 is 0. The Morgan fingerprint density at radius 1 is 1.42 bits per heavy atom. The topological polar surface area (TPSA) is 36.3 Å². The molecule has 0 spiro atoms. The van der Waals surface area contributed by atoms with Crippen molar-refractivity contribution in [2.45, 2.75) is 26.7 Å². The lowest BCUT2D eigenvalue weighted by molar-refractivity contribution is 0.179. The summed E-state index contributed by atoms with van der Waals surface area (Å²) in [6, 6.07) is 10.5. The van der Waals surface area contributed by atoms with Gasteiger partial charge in [0.2, 0.25) is 0 Å². The highest BCUT2D eigenvalue weighted by molar-refractivity contribution is 5.58. The highest BCUT2D eigenvalue weighted by Gasteiger charge is 2.36. The summed E-state index contributed by atoms with van der Waals surface area (Å²) in [6.07, 6.45) is 1.73. The molecule has 0 N–H and O–H groups in total. The lowest BCUT2D eigenvalue weighted by atomic mass is 9.72. The van der Waals surface area contributed by atoms with Crippen molar-refractivity contribution in [2.75, 3.05) is 25.1 Å². The number of piperidine rings is 1. The Morgan fingerprint density at radius 2 is 2.16 bits per heavy atom. The van der Waals surface area contributed by atoms with Crippen molar-refractivity contribution in [2.24, 2.45) is 11.3 Å². The van der Waals surface area contributed by atoms with Gasteiger partial charge in [-0.1, -0.05) is 26.0 Å². The number of rotatable bonds is 3. The van der Waals surface area contributed by atoms with Crippen molar-refractivity contribution in [3.63, 3.8) is 0 Å². The Bertz CT molecular complexity index is 476. The normalized spacial score (nSPS) is 21.8. The fraction of sp³-hybridized carbons (Fsp3) is 0.562. The number of nitriles is 1. The standard InChI is InChI=1S/C16H22N2O/c1-16(2)12-18(11-9-13(16)8-10-17)14-6-4-5-7-15(14)19-3/h4-7,13H,8-9,11-12H2,1-3H3. The van der Waals surface area contributed by atoms with Gasteiger partial charge in [0.05, 0.1) is 18.9 Å². The zero-order valence-electron chi connectivity index (χ0n) is 12.0. The van der Waals surface area contributed by atoms with E-state index in [4.69, 9.17) is 10.00 Å². The molecular formula is C16H22N2O. The van der Waals surface area contributed by atoms with Gasteiger partial charge in [0.15, 0.2) is 0 Å². The minimum atomic E-state index is 0.162. The molecule has 1 unspecified atom stereocenters. The van der Waals surface area contributed by atoms with E-state index >= 15 is 0 Å². The molecule has 3 nitrogen and oxygen atoms in total. The van der Waals surface area contributed by atoms with Crippen LogP contribution in [0.25, 0.3) is 0 Å². The molecule has 1 atom stereocenters. The monoisotopic (exact) mass is 258 g/mol. The minimum absolute atomic E-state index is 0.162. The molecule has 1 aliphatic rings. The maximum absolute atomic E-state index is 8.93. The Morgan fingerprint density at radius 3 is 2.79 bits per heavy atom. The quantitative estimate of drug-likeness (QED) is 0.833. The Balaban J connectivity index is 2.19. The zero-order valence-corrected chi connectivity index (χ0v) is 12.0. The highest BCUT2D eigenvalue weighted by Crippen LogP contribution is 2.40. The molecule has 2 rings (SSSR count). The van der Waals surface area contributed by atoms with Crippen LogP contribution in [-0.4, -0.2) is 20.2 Å². The summed E-state index contributed by atoms with van der Waals surface area (Å²) in [6.45, 7) is 6.49. The lowest BCUT2D eigenvalue weighted by Crippen LogP contribution is -2.45. The van der Waals surface area contributed by atoms with Crippen LogP contribution in [0.15, 0.2) is 24.3 Å². The summed E-state index contributed by atoms with van der Waals surface area (Å²) in [5.74, 6) is 1.42. The van der Waals surface area contributed by atoms with Gasteiger partial charge in [0.1, 0.15) is 5.75 Å². The highest BCUT2D eigenvalue weighted by atomic mass is 16.5. The molecule has 1 aromatic rings. The fourth-order valence-electron chi connectivity index (χ4n) is 2.99. The first-order valence-corrected chi connectivity index (χ1v) is 6.83. The molecule has 1 aromatic carbocycles. The number of ether oxygens (including phenoxy) is 1. The predicted molar refractivity (Wildman–Crippen MR) is 77.3 cm³/mol. The van der Waals surface area contributed by atoms with Crippen LogP contribution in [0.5, 0.6) is 5.75 Å². The third kappa shape index (κ3) is 2.84. The van der Waals surface area contributed by atoms with Gasteiger partial charge in [-0.25, -0.2) is 0 Å². The van der Waals surface area contributed by atoms with E-state index in [0.29, 0.717) is 12.3 Å². The van der Waals surface area contributed by atoms with E-state index in [1.54, 1.807) is 7.11 Å². The summed E-state index contributed by atoms with van der Waals surface area (Å²) in [5, 5.41) is 8.93. The van der Waals surface area contributed by atoms with Crippen LogP contribution in [0, 0.1) is 22.7 Å². The van der Waals surface area contributed by atoms with Crippen LogP contribution in [-0.2, 0) is 0 Å². The molecule has 0 aliphatic carbocycles. The molecule has 0 radical (unpaired) electrons. The molecule has 0 saturated carbocycles. The smallest absolute Gasteiger partial charge is 0.142 e. The minimum Gasteiger partial charge on any atom is -0.495 e. The second-order valence-corrected chi connectivity index (χ2v) is 5.93. The van der Waals surface area contributed by atoms with Crippen LogP contribution in [0.3, 0.4) is 0 Å². The van der Waals surface area contributed by atoms with E-state index in [2.05, 4.69) is 30.9 Å². The zero-order chi connectivity index (χ0) is 13.9. The van der Waals surface area contributed by atoms with Crippen molar-refractivity contribution in [3.05, 3.63) is 24.3 Å². The first kappa shape index (κ1) is 13.7. The molecule has 1 aliphatic heterocycles. The second-order valence-electron chi connectivity index (χ2n) is 5.93. The molecule has 1 fully saturated rings. The van der Waals surface area contributed by atoms with Gasteiger partial charge in [0.25, 0.3) is 0 Å². The van der Waals surface area contributed by atoms with E-state index in [9.17, 15) is 0 Å². The van der Waals surface area contributed by atoms with Gasteiger partial charge in [-0.3, -0.25) is 0 Å². The van der Waals surface area contributed by atoms with Gasteiger partial charge in [-0.05, 0) is 29.9 Å². The van der Waals surface area contributed by atoms with Crippen molar-refractivity contribution in [3.8, 4) is 11.8 Å². The average molecular weight is 258 g/mol. The second kappa shape index (κ2) is 5.52. The SMILES string of the molecule is COc1ccccc1N1CCC(CC#N)C(C)(C)C1. The maximum atomic E-state index is 8.93. The lowest BCUT2D eigenvalue weighted by Gasteiger charge is -2.44. The third-order valence-corrected chi connectivity index (χ3v) is 4.21. The maximum Gasteiger partial charge on any atom is 0.142 e. The van der Waals surface area contributed by atoms with Crippen molar-refractivity contribution >= 4 is 5.69 Å². The van der Waals surface area contributed by atoms with E-state index < -0.39 is 0 Å². The molecule has 0 aromatic heterocycles. The van der Waals surface area contributed by atoms with Crippen LogP contribution in [0.1, 0.15) is 26.7 Å². The van der Waals surface area contributed by atoms with Crippen molar-refractivity contribution < 1.29 is 4.74 Å². The van der Waals surface area contributed by atoms with Gasteiger partial charge in [-0.2, -0.15) is 5.26 Å². The summed E-state index contributed by atoms with van der Waals surface area (Å²) in [5.41, 5.74) is 1.32. The molecule has 0 bridgehead atoms. The average Bonchev–Trinajstić information content (AvgIpc) is 2.41. The Labute approximate surface area is 115 Å². The number of hydrogen-bond donors (Lipinski definition) is 0. The number of para-hydroxylation sites is 2. The molecular weight excluding hydrogens is 236 g/mol. The van der Waals surface area contributed by atoms with Crippen LogP contribution < -0.4 is 9.64 Å². The largest absolute Gasteiger partial charge is 0.495 e. The molecule has 3 heteroatoms. The van der Waals surface area contributed by atoms with Gasteiger partial charge >= 0.3 is 0 Å². The number of hydrogen-bond acceptors (Lipinski definition) is 3. The number of nitrogens with zero attached hydrogens (tertiary/aromatic N) is 2. The molecule has 102 valence electrons. The molecule has 1 saturated heterocycles. The molecule has 0 amide bonds. The fourth-order valence-corrected chi connectivity index (χ4v) is 2.99. The predicted octanol–water partition coefficient (Wildman–Crippen LogP) is 3.46. The van der Waals surface area contributed by atoms with Crippen molar-refractivity contribution in [1.29, 1.82) is 5.26 Å². The van der Waals surface area contributed by atoms with Gasteiger partial charge in [-0.15, -0.1) is 0 Å². The Kier molecular flexibility index (Phi) is 3.99. The van der Waals surface area contributed by atoms with E-state index in [1.807, 2.05) is 18.2 Å². The van der Waals surface area contributed by atoms with E-state index in [-0.39, 0.29) is 5.41 Å². The van der Waals surface area contributed by atoms with Crippen LogP contribution in [0.4, 0.5) is 5.69 Å². The van der Waals surface area contributed by atoms with E-state index in [0.717, 1.165) is 30.9 Å². The summed E-state index contributed by atoms with van der Waals surface area (Å²) < 4.78 is 5.45. The summed E-state index contributed by atoms with van der Waals surface area (Å²) in [7, 11) is 1.71. The number of anilines is 1.